The molecule has 1 aromatic rings. The van der Waals surface area contributed by atoms with Crippen molar-refractivity contribution < 1.29 is 24.6 Å². The molecule has 0 aliphatic carbocycles. The number of rotatable bonds is 6. The van der Waals surface area contributed by atoms with Crippen LogP contribution >= 0.6 is 47.2 Å². The van der Waals surface area contributed by atoms with Gasteiger partial charge in [-0.1, -0.05) is 53.2 Å². The number of carboxylic acid groups (broad SMARTS) is 2. The lowest BCUT2D eigenvalue weighted by molar-refractivity contribution is -0.146. The van der Waals surface area contributed by atoms with Gasteiger partial charge >= 0.3 is 11.9 Å². The minimum atomic E-state index is -1.34. The summed E-state index contributed by atoms with van der Waals surface area (Å²) in [7, 11) is 0. The molecular formula is C15H11Cl2NO5S2. The van der Waals surface area contributed by atoms with E-state index >= 15 is 0 Å². The largest absolute Gasteiger partial charge is 0.481 e. The summed E-state index contributed by atoms with van der Waals surface area (Å²) < 4.78 is 0.0547. The first-order chi connectivity index (χ1) is 11.7. The van der Waals surface area contributed by atoms with Crippen LogP contribution in [0.25, 0.3) is 6.08 Å². The van der Waals surface area contributed by atoms with Gasteiger partial charge in [0.25, 0.3) is 5.91 Å². The van der Waals surface area contributed by atoms with Crippen molar-refractivity contribution in [3.63, 3.8) is 0 Å². The number of carbonyl (C=O) groups is 3. The number of hydrogen-bond donors (Lipinski definition) is 2. The maximum Gasteiger partial charge on any atom is 0.326 e. The minimum Gasteiger partial charge on any atom is -0.481 e. The number of aliphatic carboxylic acids is 2. The molecule has 6 nitrogen and oxygen atoms in total. The van der Waals surface area contributed by atoms with E-state index in [-0.39, 0.29) is 15.6 Å². The van der Waals surface area contributed by atoms with Crippen molar-refractivity contribution in [3.05, 3.63) is 38.7 Å². The highest BCUT2D eigenvalue weighted by Gasteiger charge is 2.40. The molecule has 10 heteroatoms. The summed E-state index contributed by atoms with van der Waals surface area (Å²) in [6.45, 7) is 0. The van der Waals surface area contributed by atoms with E-state index < -0.39 is 30.3 Å². The SMILES string of the molecule is O=C(O)CCC(C(=O)O)N1C(=O)/C(=C\c2ccc(Cl)cc2Cl)SC1=S. The number of benzene rings is 1. The van der Waals surface area contributed by atoms with Crippen LogP contribution in [-0.2, 0) is 14.4 Å². The third-order valence-corrected chi connectivity index (χ3v) is 5.19. The van der Waals surface area contributed by atoms with E-state index in [0.29, 0.717) is 15.6 Å². The predicted octanol–water partition coefficient (Wildman–Crippen LogP) is 3.51. The Balaban J connectivity index is 2.30. The number of nitrogens with zero attached hydrogens (tertiary/aromatic N) is 1. The summed E-state index contributed by atoms with van der Waals surface area (Å²) in [4.78, 5) is 35.8. The molecule has 1 unspecified atom stereocenters. The van der Waals surface area contributed by atoms with E-state index in [0.717, 1.165) is 16.7 Å². The zero-order chi connectivity index (χ0) is 18.7. The summed E-state index contributed by atoms with van der Waals surface area (Å²) in [5.41, 5.74) is 0.531. The first kappa shape index (κ1) is 19.7. The van der Waals surface area contributed by atoms with Gasteiger partial charge in [0.2, 0.25) is 0 Å². The summed E-state index contributed by atoms with van der Waals surface area (Å²) >= 11 is 17.9. The topological polar surface area (TPSA) is 94.9 Å². The average Bonchev–Trinajstić information content (AvgIpc) is 2.77. The molecule has 2 N–H and O–H groups in total. The van der Waals surface area contributed by atoms with Gasteiger partial charge in [-0.3, -0.25) is 14.5 Å². The van der Waals surface area contributed by atoms with Crippen molar-refractivity contribution in [1.29, 1.82) is 0 Å². The maximum absolute atomic E-state index is 12.6. The number of amides is 1. The second-order valence-electron chi connectivity index (χ2n) is 5.00. The van der Waals surface area contributed by atoms with Crippen LogP contribution in [0.2, 0.25) is 10.0 Å². The minimum absolute atomic E-state index is 0.0547. The zero-order valence-corrected chi connectivity index (χ0v) is 15.6. The van der Waals surface area contributed by atoms with Crippen LogP contribution in [0.15, 0.2) is 23.1 Å². The van der Waals surface area contributed by atoms with E-state index in [1.807, 2.05) is 0 Å². The standard InChI is InChI=1S/C15H11Cl2NO5S2/c16-8-2-1-7(9(17)6-8)5-11-13(21)18(15(24)25-11)10(14(22)23)3-4-12(19)20/h1-2,5-6,10H,3-4H2,(H,19,20)(H,22,23)/b11-5+. The molecule has 25 heavy (non-hydrogen) atoms. The lowest BCUT2D eigenvalue weighted by Gasteiger charge is -2.22. The van der Waals surface area contributed by atoms with Gasteiger partial charge in [0.05, 0.1) is 4.91 Å². The van der Waals surface area contributed by atoms with Crippen LogP contribution in [0, 0.1) is 0 Å². The first-order valence-corrected chi connectivity index (χ1v) is 8.85. The number of carbonyl (C=O) groups excluding carboxylic acids is 1. The Hall–Kier alpha value is -1.61. The summed E-state index contributed by atoms with van der Waals surface area (Å²) in [6, 6.07) is 3.40. The maximum atomic E-state index is 12.6. The van der Waals surface area contributed by atoms with Gasteiger partial charge in [0.1, 0.15) is 10.4 Å². The van der Waals surface area contributed by atoms with Crippen molar-refractivity contribution in [2.24, 2.45) is 0 Å². The molecule has 1 atom stereocenters. The van der Waals surface area contributed by atoms with E-state index in [1.165, 1.54) is 12.1 Å². The number of hydrogen-bond acceptors (Lipinski definition) is 5. The molecule has 1 aliphatic heterocycles. The fraction of sp³-hybridized carbons (Fsp3) is 0.200. The summed E-state index contributed by atoms with van der Waals surface area (Å²) in [5, 5.41) is 18.8. The van der Waals surface area contributed by atoms with Gasteiger partial charge in [-0.15, -0.1) is 0 Å². The third-order valence-electron chi connectivity index (χ3n) is 3.30. The van der Waals surface area contributed by atoms with Crippen LogP contribution in [0.5, 0.6) is 0 Å². The quantitative estimate of drug-likeness (QED) is 0.537. The Morgan fingerprint density at radius 2 is 2.00 bits per heavy atom. The van der Waals surface area contributed by atoms with Crippen molar-refractivity contribution in [2.75, 3.05) is 0 Å². The van der Waals surface area contributed by atoms with Crippen LogP contribution in [-0.4, -0.2) is 43.3 Å². The van der Waals surface area contributed by atoms with Gasteiger partial charge in [-0.25, -0.2) is 4.79 Å². The third kappa shape index (κ3) is 4.72. The molecule has 0 spiro atoms. The molecule has 0 aromatic heterocycles. The fourth-order valence-electron chi connectivity index (χ4n) is 2.13. The van der Waals surface area contributed by atoms with Gasteiger partial charge in [0.15, 0.2) is 0 Å². The van der Waals surface area contributed by atoms with E-state index in [4.69, 9.17) is 40.5 Å². The molecule has 1 aliphatic rings. The lowest BCUT2D eigenvalue weighted by atomic mass is 10.1. The molecule has 2 rings (SSSR count). The monoisotopic (exact) mass is 419 g/mol. The molecular weight excluding hydrogens is 409 g/mol. The average molecular weight is 420 g/mol. The second kappa shape index (κ2) is 8.18. The molecule has 1 heterocycles. The highest BCUT2D eigenvalue weighted by atomic mass is 35.5. The molecule has 0 radical (unpaired) electrons. The summed E-state index contributed by atoms with van der Waals surface area (Å²) in [6.07, 6.45) is 0.857. The Labute approximate surface area is 162 Å². The van der Waals surface area contributed by atoms with Crippen molar-refractivity contribution in [1.82, 2.24) is 4.90 Å². The molecule has 1 amide bonds. The fourth-order valence-corrected chi connectivity index (χ4v) is 3.94. The van der Waals surface area contributed by atoms with Gasteiger partial charge in [-0.2, -0.15) is 0 Å². The lowest BCUT2D eigenvalue weighted by Crippen LogP contribution is -2.44. The normalized spacial score (nSPS) is 17.2. The number of carboxylic acids is 2. The smallest absolute Gasteiger partial charge is 0.326 e. The predicted molar refractivity (Wildman–Crippen MR) is 99.8 cm³/mol. The van der Waals surface area contributed by atoms with Crippen molar-refractivity contribution in [2.45, 2.75) is 18.9 Å². The number of thiocarbonyl (C=S) groups is 1. The first-order valence-electron chi connectivity index (χ1n) is 6.87. The molecule has 0 bridgehead atoms. The van der Waals surface area contributed by atoms with Gasteiger partial charge in [0, 0.05) is 16.5 Å². The Morgan fingerprint density at radius 3 is 2.56 bits per heavy atom. The molecule has 1 aromatic carbocycles. The molecule has 0 saturated carbocycles. The Morgan fingerprint density at radius 1 is 1.32 bits per heavy atom. The van der Waals surface area contributed by atoms with E-state index in [2.05, 4.69) is 0 Å². The van der Waals surface area contributed by atoms with Crippen molar-refractivity contribution >= 4 is 75.4 Å². The van der Waals surface area contributed by atoms with Crippen molar-refractivity contribution in [3.8, 4) is 0 Å². The molecule has 1 fully saturated rings. The van der Waals surface area contributed by atoms with Crippen LogP contribution in [0.3, 0.4) is 0 Å². The second-order valence-corrected chi connectivity index (χ2v) is 7.52. The van der Waals surface area contributed by atoms with Gasteiger partial charge in [-0.05, 0) is 30.2 Å². The highest BCUT2D eigenvalue weighted by Crippen LogP contribution is 2.36. The molecule has 132 valence electrons. The van der Waals surface area contributed by atoms with Gasteiger partial charge < -0.3 is 10.2 Å². The number of halogens is 2. The van der Waals surface area contributed by atoms with E-state index in [9.17, 15) is 19.5 Å². The van der Waals surface area contributed by atoms with E-state index in [1.54, 1.807) is 12.1 Å². The van der Waals surface area contributed by atoms with Crippen LogP contribution < -0.4 is 0 Å². The number of thioether (sulfide) groups is 1. The Kier molecular flexibility index (Phi) is 6.45. The van der Waals surface area contributed by atoms with Crippen LogP contribution in [0.1, 0.15) is 18.4 Å². The molecule has 1 saturated heterocycles. The van der Waals surface area contributed by atoms with Crippen LogP contribution in [0.4, 0.5) is 0 Å². The zero-order valence-electron chi connectivity index (χ0n) is 12.4. The highest BCUT2D eigenvalue weighted by molar-refractivity contribution is 8.26. The summed E-state index contributed by atoms with van der Waals surface area (Å²) in [5.74, 6) is -3.07. The Bertz CT molecular complexity index is 796.